The number of nitrogens with one attached hydrogen (secondary N) is 1. The second-order valence-corrected chi connectivity index (χ2v) is 6.18. The summed E-state index contributed by atoms with van der Waals surface area (Å²) in [5.74, 6) is -0.136. The van der Waals surface area contributed by atoms with Crippen LogP contribution in [0, 0.1) is 9.49 Å². The molecule has 1 rings (SSSR count). The number of aliphatic hydroxyl groups is 1. The Morgan fingerprint density at radius 1 is 1.44 bits per heavy atom. The number of carbonyl (C=O) groups excluding carboxylic acids is 1. The summed E-state index contributed by atoms with van der Waals surface area (Å²) < 4.78 is 0.650. The largest absolute Gasteiger partial charge is 0.394 e. The quantitative estimate of drug-likeness (QED) is 0.600. The third kappa shape index (κ3) is 3.98. The molecule has 0 aliphatic rings. The van der Waals surface area contributed by atoms with Crippen LogP contribution in [0.25, 0.3) is 0 Å². The fraction of sp³-hybridized carbons (Fsp3) is 0.417. The Kier molecular flexibility index (Phi) is 6.17. The summed E-state index contributed by atoms with van der Waals surface area (Å²) in [4.78, 5) is 12.1. The van der Waals surface area contributed by atoms with E-state index in [1.807, 2.05) is 36.4 Å². The molecule has 1 unspecified atom stereocenters. The van der Waals surface area contributed by atoms with Crippen LogP contribution < -0.4 is 5.32 Å². The van der Waals surface area contributed by atoms with Gasteiger partial charge in [-0.3, -0.25) is 4.79 Å². The van der Waals surface area contributed by atoms with Crippen LogP contribution in [0.1, 0.15) is 24.2 Å². The van der Waals surface area contributed by atoms with E-state index in [0.29, 0.717) is 19.2 Å². The van der Waals surface area contributed by atoms with Gasteiger partial charge in [0.15, 0.2) is 0 Å². The smallest absolute Gasteiger partial charge is 0.252 e. The predicted octanol–water partition coefficient (Wildman–Crippen LogP) is 3.34. The Labute approximate surface area is 130 Å². The van der Waals surface area contributed by atoms with Gasteiger partial charge in [-0.25, -0.2) is 0 Å². The van der Waals surface area contributed by atoms with Gasteiger partial charge in [-0.1, -0.05) is 37.0 Å². The molecule has 1 aromatic carbocycles. The molecule has 1 amide bonds. The molecule has 0 saturated heterocycles. The van der Waals surface area contributed by atoms with Gasteiger partial charge >= 0.3 is 0 Å². The second kappa shape index (κ2) is 6.93. The van der Waals surface area contributed by atoms with Crippen LogP contribution in [0.4, 0.5) is 0 Å². The lowest BCUT2D eigenvalue weighted by Crippen LogP contribution is -2.41. The van der Waals surface area contributed by atoms with Gasteiger partial charge < -0.3 is 10.4 Å². The molecule has 0 heterocycles. The normalized spacial score (nSPS) is 12.6. The number of aliphatic hydroxyl groups excluding tert-OH is 1. The molecule has 100 valence electrons. The number of hydrogen-bond donors (Lipinski definition) is 2. The molecule has 0 spiro atoms. The first-order chi connectivity index (χ1) is 8.36. The van der Waals surface area contributed by atoms with E-state index in [4.69, 9.17) is 23.2 Å². The zero-order valence-corrected chi connectivity index (χ0v) is 13.7. The van der Waals surface area contributed by atoms with Gasteiger partial charge in [-0.15, -0.1) is 0 Å². The van der Waals surface area contributed by atoms with Crippen LogP contribution in [0.15, 0.2) is 12.1 Å². The molecule has 0 aromatic heterocycles. The van der Waals surface area contributed by atoms with Crippen LogP contribution >= 0.6 is 45.8 Å². The van der Waals surface area contributed by atoms with E-state index in [1.54, 1.807) is 12.1 Å². The van der Waals surface area contributed by atoms with E-state index in [1.165, 1.54) is 0 Å². The molecule has 1 aromatic rings. The summed E-state index contributed by atoms with van der Waals surface area (Å²) >= 11 is 13.9. The average Bonchev–Trinajstić information content (AvgIpc) is 2.29. The minimum absolute atomic E-state index is 0.103. The highest BCUT2D eigenvalue weighted by atomic mass is 127. The van der Waals surface area contributed by atoms with Crippen molar-refractivity contribution in [3.63, 3.8) is 0 Å². The molecule has 0 aliphatic carbocycles. The maximum Gasteiger partial charge on any atom is 0.252 e. The van der Waals surface area contributed by atoms with Gasteiger partial charge in [-0.05, 0) is 40.6 Å². The fourth-order valence-electron chi connectivity index (χ4n) is 1.39. The highest BCUT2D eigenvalue weighted by molar-refractivity contribution is 14.1. The van der Waals surface area contributed by atoms with E-state index in [2.05, 4.69) is 5.32 Å². The van der Waals surface area contributed by atoms with Crippen LogP contribution in [0.2, 0.25) is 10.0 Å². The lowest BCUT2D eigenvalue weighted by molar-refractivity contribution is 0.0896. The molecule has 0 bridgehead atoms. The van der Waals surface area contributed by atoms with Crippen molar-refractivity contribution < 1.29 is 9.90 Å². The van der Waals surface area contributed by atoms with Crippen molar-refractivity contribution >= 4 is 51.7 Å². The van der Waals surface area contributed by atoms with Gasteiger partial charge in [0.25, 0.3) is 5.91 Å². The molecular formula is C12H14Cl2INO2. The first-order valence-electron chi connectivity index (χ1n) is 5.43. The minimum atomic E-state index is -0.286. The Morgan fingerprint density at radius 2 is 2.06 bits per heavy atom. The van der Waals surface area contributed by atoms with E-state index in [-0.39, 0.29) is 24.5 Å². The van der Waals surface area contributed by atoms with Gasteiger partial charge in [0.1, 0.15) is 0 Å². The number of hydrogen-bond acceptors (Lipinski definition) is 2. The van der Waals surface area contributed by atoms with Crippen molar-refractivity contribution in [3.05, 3.63) is 31.3 Å². The van der Waals surface area contributed by atoms with E-state index >= 15 is 0 Å². The van der Waals surface area contributed by atoms with Gasteiger partial charge in [0.05, 0.1) is 23.2 Å². The molecule has 0 radical (unpaired) electrons. The van der Waals surface area contributed by atoms with Crippen molar-refractivity contribution in [1.29, 1.82) is 0 Å². The van der Waals surface area contributed by atoms with E-state index in [0.717, 1.165) is 0 Å². The minimum Gasteiger partial charge on any atom is -0.394 e. The lowest BCUT2D eigenvalue weighted by atomic mass is 10.0. The van der Waals surface area contributed by atoms with E-state index < -0.39 is 0 Å². The maximum atomic E-state index is 12.1. The van der Waals surface area contributed by atoms with Crippen molar-refractivity contribution in [2.75, 3.05) is 6.61 Å². The fourth-order valence-corrected chi connectivity index (χ4v) is 2.44. The van der Waals surface area contributed by atoms with Crippen molar-refractivity contribution in [2.45, 2.75) is 19.9 Å². The monoisotopic (exact) mass is 401 g/mol. The van der Waals surface area contributed by atoms with Gasteiger partial charge in [-0.2, -0.15) is 0 Å². The van der Waals surface area contributed by atoms with Gasteiger partial charge in [0, 0.05) is 8.59 Å². The molecule has 0 aliphatic heterocycles. The Morgan fingerprint density at radius 3 is 2.56 bits per heavy atom. The first-order valence-corrected chi connectivity index (χ1v) is 7.26. The summed E-state index contributed by atoms with van der Waals surface area (Å²) in [6, 6.07) is 2.87. The number of benzene rings is 1. The van der Waals surface area contributed by atoms with Crippen molar-refractivity contribution in [3.8, 4) is 0 Å². The van der Waals surface area contributed by atoms with Crippen LogP contribution in [0.5, 0.6) is 0 Å². The lowest BCUT2D eigenvalue weighted by Gasteiger charge is -2.20. The third-order valence-electron chi connectivity index (χ3n) is 2.56. The topological polar surface area (TPSA) is 49.3 Å². The zero-order valence-electron chi connectivity index (χ0n) is 10.0. The Hall–Kier alpha value is -0.0400. The standard InChI is InChI=1S/C12H14Cl2INO2/c1-6(2)10(5-17)16-12(18)8-3-7(13)4-9(14)11(8)15/h3-4,6,10,17H,5H2,1-2H3,(H,16,18). The summed E-state index contributed by atoms with van der Waals surface area (Å²) in [6.07, 6.45) is 0. The van der Waals surface area contributed by atoms with Gasteiger partial charge in [0.2, 0.25) is 0 Å². The summed E-state index contributed by atoms with van der Waals surface area (Å²) in [5, 5.41) is 12.8. The second-order valence-electron chi connectivity index (χ2n) is 4.26. The molecular weight excluding hydrogens is 388 g/mol. The number of halogens is 3. The first kappa shape index (κ1) is 16.0. The number of rotatable bonds is 4. The molecule has 0 saturated carbocycles. The zero-order chi connectivity index (χ0) is 13.9. The van der Waals surface area contributed by atoms with Crippen LogP contribution in [0.3, 0.4) is 0 Å². The Balaban J connectivity index is 2.97. The SMILES string of the molecule is CC(C)C(CO)NC(=O)c1cc(Cl)cc(Cl)c1I. The molecule has 18 heavy (non-hydrogen) atoms. The van der Waals surface area contributed by atoms with Crippen LogP contribution in [-0.4, -0.2) is 23.7 Å². The van der Waals surface area contributed by atoms with Crippen molar-refractivity contribution in [1.82, 2.24) is 5.32 Å². The molecule has 1 atom stereocenters. The maximum absolute atomic E-state index is 12.1. The number of amides is 1. The average molecular weight is 402 g/mol. The summed E-state index contributed by atoms with van der Waals surface area (Å²) in [5.41, 5.74) is 0.423. The Bertz CT molecular complexity index is 452. The molecule has 3 nitrogen and oxygen atoms in total. The summed E-state index contributed by atoms with van der Waals surface area (Å²) in [7, 11) is 0. The summed E-state index contributed by atoms with van der Waals surface area (Å²) in [6.45, 7) is 3.75. The molecule has 0 fully saturated rings. The van der Waals surface area contributed by atoms with E-state index in [9.17, 15) is 9.90 Å². The van der Waals surface area contributed by atoms with Crippen LogP contribution in [-0.2, 0) is 0 Å². The third-order valence-corrected chi connectivity index (χ3v) is 4.55. The highest BCUT2D eigenvalue weighted by Crippen LogP contribution is 2.26. The number of carbonyl (C=O) groups is 1. The highest BCUT2D eigenvalue weighted by Gasteiger charge is 2.19. The molecule has 6 heteroatoms. The molecule has 2 N–H and O–H groups in total. The predicted molar refractivity (Wildman–Crippen MR) is 82.4 cm³/mol. The van der Waals surface area contributed by atoms with Crippen molar-refractivity contribution in [2.24, 2.45) is 5.92 Å².